The Morgan fingerprint density at radius 1 is 1.26 bits per heavy atom. The van der Waals surface area contributed by atoms with Gasteiger partial charge in [0.15, 0.2) is 5.82 Å². The van der Waals surface area contributed by atoms with Gasteiger partial charge in [0.1, 0.15) is 5.76 Å². The molecule has 3 rings (SSSR count). The van der Waals surface area contributed by atoms with Crippen LogP contribution in [0.25, 0.3) is 11.1 Å². The Morgan fingerprint density at radius 3 is 2.74 bits per heavy atom. The van der Waals surface area contributed by atoms with E-state index in [1.165, 1.54) is 24.8 Å². The summed E-state index contributed by atoms with van der Waals surface area (Å²) in [5.41, 5.74) is 9.42. The number of hydrogen-bond acceptors (Lipinski definition) is 3. The summed E-state index contributed by atoms with van der Waals surface area (Å²) in [6.07, 6.45) is 3.70. The van der Waals surface area contributed by atoms with E-state index in [9.17, 15) is 0 Å². The summed E-state index contributed by atoms with van der Waals surface area (Å²) in [7, 11) is 0. The third-order valence-corrected chi connectivity index (χ3v) is 4.36. The van der Waals surface area contributed by atoms with Gasteiger partial charge in [-0.2, -0.15) is 0 Å². The predicted octanol–water partition coefficient (Wildman–Crippen LogP) is 4.14. The van der Waals surface area contributed by atoms with E-state index in [1.807, 2.05) is 12.1 Å². The molecule has 0 radical (unpaired) electrons. The van der Waals surface area contributed by atoms with E-state index in [2.05, 4.69) is 31.1 Å². The van der Waals surface area contributed by atoms with Crippen molar-refractivity contribution in [1.82, 2.24) is 5.16 Å². The number of nitrogen functional groups attached to an aromatic ring is 1. The number of hydrogen-bond donors (Lipinski definition) is 1. The Hall–Kier alpha value is -1.77. The first-order valence-corrected chi connectivity index (χ1v) is 6.99. The van der Waals surface area contributed by atoms with Gasteiger partial charge in [0.2, 0.25) is 0 Å². The largest absolute Gasteiger partial charge is 0.380 e. The highest BCUT2D eigenvalue weighted by atomic mass is 16.5. The maximum Gasteiger partial charge on any atom is 0.175 e. The quantitative estimate of drug-likeness (QED) is 0.878. The number of aromatic nitrogens is 1. The minimum atomic E-state index is 0.458. The molecule has 100 valence electrons. The van der Waals surface area contributed by atoms with Gasteiger partial charge in [-0.25, -0.2) is 0 Å². The topological polar surface area (TPSA) is 52.0 Å². The molecule has 0 bridgehead atoms. The zero-order chi connectivity index (χ0) is 13.4. The number of nitrogens with two attached hydrogens (primary N) is 1. The van der Waals surface area contributed by atoms with Gasteiger partial charge in [0, 0.05) is 5.92 Å². The third-order valence-electron chi connectivity index (χ3n) is 4.36. The number of nitrogens with zero attached hydrogens (tertiary/aromatic N) is 1. The average molecular weight is 256 g/mol. The Morgan fingerprint density at radius 2 is 2.05 bits per heavy atom. The molecule has 0 spiro atoms. The van der Waals surface area contributed by atoms with Gasteiger partial charge in [-0.1, -0.05) is 42.8 Å². The van der Waals surface area contributed by atoms with Gasteiger partial charge in [0.25, 0.3) is 0 Å². The number of benzene rings is 1. The Kier molecular flexibility index (Phi) is 3.05. The van der Waals surface area contributed by atoms with Crippen LogP contribution in [0.15, 0.2) is 28.8 Å². The first-order valence-electron chi connectivity index (χ1n) is 6.99. The number of anilines is 1. The second-order valence-electron chi connectivity index (χ2n) is 5.64. The van der Waals surface area contributed by atoms with E-state index >= 15 is 0 Å². The molecular weight excluding hydrogens is 236 g/mol. The van der Waals surface area contributed by atoms with Gasteiger partial charge < -0.3 is 10.3 Å². The summed E-state index contributed by atoms with van der Waals surface area (Å²) in [4.78, 5) is 0. The lowest BCUT2D eigenvalue weighted by atomic mass is 9.89. The van der Waals surface area contributed by atoms with Gasteiger partial charge in [-0.15, -0.1) is 0 Å². The summed E-state index contributed by atoms with van der Waals surface area (Å²) in [5.74, 6) is 2.61. The lowest BCUT2D eigenvalue weighted by Crippen LogP contribution is -2.03. The molecule has 0 amide bonds. The molecule has 1 aliphatic carbocycles. The average Bonchev–Trinajstić information content (AvgIpc) is 2.96. The molecule has 1 fully saturated rings. The van der Waals surface area contributed by atoms with Crippen LogP contribution >= 0.6 is 0 Å². The van der Waals surface area contributed by atoms with Crippen molar-refractivity contribution < 1.29 is 4.52 Å². The van der Waals surface area contributed by atoms with Crippen LogP contribution in [0, 0.1) is 12.8 Å². The van der Waals surface area contributed by atoms with Crippen molar-refractivity contribution in [1.29, 1.82) is 0 Å². The van der Waals surface area contributed by atoms with Crippen molar-refractivity contribution in [3.8, 4) is 11.1 Å². The summed E-state index contributed by atoms with van der Waals surface area (Å²) >= 11 is 0. The van der Waals surface area contributed by atoms with Crippen LogP contribution in [0.5, 0.6) is 0 Å². The maximum atomic E-state index is 6.05. The highest BCUT2D eigenvalue weighted by Gasteiger charge is 2.32. The van der Waals surface area contributed by atoms with E-state index in [4.69, 9.17) is 10.3 Å². The van der Waals surface area contributed by atoms with E-state index < -0.39 is 0 Å². The maximum absolute atomic E-state index is 6.05. The monoisotopic (exact) mass is 256 g/mol. The van der Waals surface area contributed by atoms with Crippen LogP contribution in [0.4, 0.5) is 5.82 Å². The second kappa shape index (κ2) is 4.72. The predicted molar refractivity (Wildman–Crippen MR) is 76.8 cm³/mol. The van der Waals surface area contributed by atoms with Gasteiger partial charge in [-0.05, 0) is 36.8 Å². The Balaban J connectivity index is 2.11. The minimum absolute atomic E-state index is 0.458. The van der Waals surface area contributed by atoms with Gasteiger partial charge in [-0.3, -0.25) is 0 Å². The van der Waals surface area contributed by atoms with E-state index in [0.717, 1.165) is 16.9 Å². The number of aryl methyl sites for hydroxylation is 1. The molecule has 1 saturated carbocycles. The fourth-order valence-electron chi connectivity index (χ4n) is 3.23. The van der Waals surface area contributed by atoms with E-state index in [0.29, 0.717) is 17.7 Å². The molecule has 3 heteroatoms. The van der Waals surface area contributed by atoms with Crippen molar-refractivity contribution in [2.75, 3.05) is 5.73 Å². The molecule has 0 aliphatic heterocycles. The molecule has 2 atom stereocenters. The number of rotatable bonds is 2. The van der Waals surface area contributed by atoms with Gasteiger partial charge in [0.05, 0.1) is 5.56 Å². The van der Waals surface area contributed by atoms with Crippen molar-refractivity contribution in [3.63, 3.8) is 0 Å². The lowest BCUT2D eigenvalue weighted by Gasteiger charge is -2.14. The van der Waals surface area contributed by atoms with Crippen LogP contribution in [0.1, 0.15) is 43.4 Å². The molecular formula is C16H20N2O. The van der Waals surface area contributed by atoms with E-state index in [1.54, 1.807) is 0 Å². The van der Waals surface area contributed by atoms with Crippen molar-refractivity contribution in [2.24, 2.45) is 5.92 Å². The molecule has 1 heterocycles. The van der Waals surface area contributed by atoms with Gasteiger partial charge >= 0.3 is 0 Å². The summed E-state index contributed by atoms with van der Waals surface area (Å²) in [5, 5.41) is 4.02. The zero-order valence-electron chi connectivity index (χ0n) is 11.5. The van der Waals surface area contributed by atoms with Crippen LogP contribution < -0.4 is 5.73 Å². The smallest absolute Gasteiger partial charge is 0.175 e. The first kappa shape index (κ1) is 12.3. The molecule has 19 heavy (non-hydrogen) atoms. The highest BCUT2D eigenvalue weighted by Crippen LogP contribution is 2.45. The normalized spacial score (nSPS) is 22.8. The van der Waals surface area contributed by atoms with Crippen molar-refractivity contribution >= 4 is 5.82 Å². The molecule has 1 aromatic carbocycles. The molecule has 3 nitrogen and oxygen atoms in total. The van der Waals surface area contributed by atoms with Crippen LogP contribution in [-0.2, 0) is 0 Å². The fourth-order valence-corrected chi connectivity index (χ4v) is 3.23. The summed E-state index contributed by atoms with van der Waals surface area (Å²) in [6.45, 7) is 4.39. The molecule has 2 aromatic rings. The third kappa shape index (κ3) is 2.03. The lowest BCUT2D eigenvalue weighted by molar-refractivity contribution is 0.341. The summed E-state index contributed by atoms with van der Waals surface area (Å²) in [6, 6.07) is 8.28. The summed E-state index contributed by atoms with van der Waals surface area (Å²) < 4.78 is 5.58. The SMILES string of the molecule is Cc1ccccc1-c1c(N)noc1C1CCCC1C. The molecule has 1 aliphatic rings. The van der Waals surface area contributed by atoms with Crippen molar-refractivity contribution in [2.45, 2.75) is 39.0 Å². The van der Waals surface area contributed by atoms with Crippen molar-refractivity contribution in [3.05, 3.63) is 35.6 Å². The molecule has 0 saturated heterocycles. The Bertz CT molecular complexity index is 588. The Labute approximate surface area is 113 Å². The van der Waals surface area contributed by atoms with Crippen LogP contribution in [-0.4, -0.2) is 5.16 Å². The molecule has 2 unspecified atom stereocenters. The highest BCUT2D eigenvalue weighted by molar-refractivity contribution is 5.78. The van der Waals surface area contributed by atoms with E-state index in [-0.39, 0.29) is 0 Å². The van der Waals surface area contributed by atoms with Crippen LogP contribution in [0.3, 0.4) is 0 Å². The van der Waals surface area contributed by atoms with Crippen LogP contribution in [0.2, 0.25) is 0 Å². The second-order valence-corrected chi connectivity index (χ2v) is 5.64. The zero-order valence-corrected chi connectivity index (χ0v) is 11.5. The standard InChI is InChI=1S/C16H20N2O/c1-10-6-3-4-8-12(10)14-15(19-18-16(14)17)13-9-5-7-11(13)2/h3-4,6,8,11,13H,5,7,9H2,1-2H3,(H2,17,18). The molecule has 1 aromatic heterocycles. The molecule has 2 N–H and O–H groups in total. The minimum Gasteiger partial charge on any atom is -0.380 e. The first-order chi connectivity index (χ1) is 9.18. The fraction of sp³-hybridized carbons (Fsp3) is 0.438.